The average Bonchev–Trinajstić information content (AvgIpc) is 3.22. The molecule has 118 valence electrons. The number of methoxy groups -OCH3 is 1. The molecule has 0 aliphatic rings. The second-order valence-corrected chi connectivity index (χ2v) is 5.57. The normalized spacial score (nSPS) is 10.5. The summed E-state index contributed by atoms with van der Waals surface area (Å²) in [6, 6.07) is 7.49. The van der Waals surface area contributed by atoms with E-state index in [0.29, 0.717) is 29.0 Å². The van der Waals surface area contributed by atoms with Crippen LogP contribution in [0.3, 0.4) is 0 Å². The Hall–Kier alpha value is -2.74. The van der Waals surface area contributed by atoms with Crippen LogP contribution in [0.5, 0.6) is 5.75 Å². The molecular formula is C15H14N4O3S. The predicted octanol–water partition coefficient (Wildman–Crippen LogP) is 2.44. The first-order chi connectivity index (χ1) is 11.2. The highest BCUT2D eigenvalue weighted by atomic mass is 32.1. The molecule has 0 radical (unpaired) electrons. The van der Waals surface area contributed by atoms with Gasteiger partial charge >= 0.3 is 0 Å². The number of ether oxygens (including phenoxy) is 1. The molecule has 0 saturated carbocycles. The first-order valence-electron chi connectivity index (χ1n) is 6.83. The van der Waals surface area contributed by atoms with Crippen molar-refractivity contribution in [3.8, 4) is 17.3 Å². The molecule has 1 N–H and O–H groups in total. The molecule has 0 unspecified atom stereocenters. The van der Waals surface area contributed by atoms with E-state index in [0.717, 1.165) is 11.3 Å². The Morgan fingerprint density at radius 3 is 2.74 bits per heavy atom. The summed E-state index contributed by atoms with van der Waals surface area (Å²) in [6.07, 6.45) is 0. The minimum atomic E-state index is -0.242. The van der Waals surface area contributed by atoms with Crippen LogP contribution in [0, 0.1) is 6.92 Å². The van der Waals surface area contributed by atoms with Gasteiger partial charge in [0, 0.05) is 11.9 Å². The topological polar surface area (TPSA) is 90.1 Å². The van der Waals surface area contributed by atoms with Crippen LogP contribution in [-0.2, 0) is 6.54 Å². The van der Waals surface area contributed by atoms with E-state index in [9.17, 15) is 4.79 Å². The molecule has 3 aromatic rings. The summed E-state index contributed by atoms with van der Waals surface area (Å²) >= 11 is 1.23. The highest BCUT2D eigenvalue weighted by Gasteiger charge is 2.15. The number of aryl methyl sites for hydroxylation is 1. The number of aromatic nitrogens is 3. The quantitative estimate of drug-likeness (QED) is 0.773. The first kappa shape index (κ1) is 15.2. The summed E-state index contributed by atoms with van der Waals surface area (Å²) in [5, 5.41) is 8.60. The number of nitrogens with one attached hydrogen (secondary N) is 1. The molecule has 2 aromatic heterocycles. The summed E-state index contributed by atoms with van der Waals surface area (Å²) in [5.74, 6) is 1.37. The van der Waals surface area contributed by atoms with Crippen LogP contribution < -0.4 is 10.1 Å². The average molecular weight is 330 g/mol. The first-order valence-corrected chi connectivity index (χ1v) is 7.71. The molecule has 7 nitrogen and oxygen atoms in total. The lowest BCUT2D eigenvalue weighted by molar-refractivity contribution is 0.0950. The van der Waals surface area contributed by atoms with E-state index < -0.39 is 0 Å². The van der Waals surface area contributed by atoms with Crippen LogP contribution in [0.1, 0.15) is 21.2 Å². The molecule has 0 aliphatic carbocycles. The standard InChI is InChI=1S/C15H14N4O3S/c1-9-17-14(22-19-9)12-8-23-15(18-12)13(20)16-7-10-3-5-11(21-2)6-4-10/h3-6,8H,7H2,1-2H3,(H,16,20). The van der Waals surface area contributed by atoms with E-state index >= 15 is 0 Å². The second kappa shape index (κ2) is 6.57. The van der Waals surface area contributed by atoms with Crippen molar-refractivity contribution < 1.29 is 14.1 Å². The monoisotopic (exact) mass is 330 g/mol. The van der Waals surface area contributed by atoms with Crippen molar-refractivity contribution in [2.75, 3.05) is 7.11 Å². The fourth-order valence-corrected chi connectivity index (χ4v) is 2.59. The molecule has 1 aromatic carbocycles. The van der Waals surface area contributed by atoms with Gasteiger partial charge in [0.15, 0.2) is 10.8 Å². The van der Waals surface area contributed by atoms with E-state index in [1.165, 1.54) is 11.3 Å². The van der Waals surface area contributed by atoms with Crippen molar-refractivity contribution in [1.82, 2.24) is 20.4 Å². The minimum absolute atomic E-state index is 0.242. The molecule has 0 atom stereocenters. The zero-order chi connectivity index (χ0) is 16.2. The molecule has 0 fully saturated rings. The molecule has 0 saturated heterocycles. The zero-order valence-electron chi connectivity index (χ0n) is 12.6. The smallest absolute Gasteiger partial charge is 0.280 e. The summed E-state index contributed by atoms with van der Waals surface area (Å²) < 4.78 is 10.1. The molecule has 2 heterocycles. The third-order valence-electron chi connectivity index (χ3n) is 3.06. The van der Waals surface area contributed by atoms with Crippen LogP contribution in [0.4, 0.5) is 0 Å². The zero-order valence-corrected chi connectivity index (χ0v) is 13.4. The number of benzene rings is 1. The summed E-state index contributed by atoms with van der Waals surface area (Å²) in [4.78, 5) is 20.4. The fourth-order valence-electron chi connectivity index (χ4n) is 1.88. The fraction of sp³-hybridized carbons (Fsp3) is 0.200. The Balaban J connectivity index is 1.63. The van der Waals surface area contributed by atoms with E-state index in [-0.39, 0.29) is 5.91 Å². The molecule has 0 aliphatic heterocycles. The van der Waals surface area contributed by atoms with Gasteiger partial charge in [-0.3, -0.25) is 4.79 Å². The van der Waals surface area contributed by atoms with Gasteiger partial charge in [-0.2, -0.15) is 4.98 Å². The van der Waals surface area contributed by atoms with Gasteiger partial charge < -0.3 is 14.6 Å². The highest BCUT2D eigenvalue weighted by Crippen LogP contribution is 2.20. The van der Waals surface area contributed by atoms with E-state index in [4.69, 9.17) is 9.26 Å². The third kappa shape index (κ3) is 3.54. The Morgan fingerprint density at radius 2 is 2.09 bits per heavy atom. The van der Waals surface area contributed by atoms with Gasteiger partial charge in [-0.25, -0.2) is 4.98 Å². The number of rotatable bonds is 5. The summed E-state index contributed by atoms with van der Waals surface area (Å²) in [5.41, 5.74) is 1.48. The van der Waals surface area contributed by atoms with Crippen LogP contribution >= 0.6 is 11.3 Å². The Bertz CT molecular complexity index is 810. The lowest BCUT2D eigenvalue weighted by Gasteiger charge is -2.04. The lowest BCUT2D eigenvalue weighted by atomic mass is 10.2. The van der Waals surface area contributed by atoms with Crippen molar-refractivity contribution >= 4 is 17.2 Å². The number of hydrogen-bond donors (Lipinski definition) is 1. The largest absolute Gasteiger partial charge is 0.497 e. The molecule has 23 heavy (non-hydrogen) atoms. The van der Waals surface area contributed by atoms with Gasteiger partial charge in [0.05, 0.1) is 7.11 Å². The maximum atomic E-state index is 12.1. The predicted molar refractivity (Wildman–Crippen MR) is 84.3 cm³/mol. The van der Waals surface area contributed by atoms with Crippen molar-refractivity contribution in [2.24, 2.45) is 0 Å². The molecule has 0 bridgehead atoms. The number of nitrogens with zero attached hydrogens (tertiary/aromatic N) is 3. The van der Waals surface area contributed by atoms with Gasteiger partial charge in [-0.15, -0.1) is 11.3 Å². The Labute approximate surface area is 136 Å². The van der Waals surface area contributed by atoms with Gasteiger partial charge in [-0.05, 0) is 24.6 Å². The third-order valence-corrected chi connectivity index (χ3v) is 3.90. The number of carbonyl (C=O) groups excluding carboxylic acids is 1. The minimum Gasteiger partial charge on any atom is -0.497 e. The van der Waals surface area contributed by atoms with Gasteiger partial charge in [0.25, 0.3) is 11.8 Å². The maximum Gasteiger partial charge on any atom is 0.280 e. The Morgan fingerprint density at radius 1 is 1.30 bits per heavy atom. The number of hydrogen-bond acceptors (Lipinski definition) is 7. The number of thiazole rings is 1. The van der Waals surface area contributed by atoms with Crippen molar-refractivity contribution in [2.45, 2.75) is 13.5 Å². The van der Waals surface area contributed by atoms with Gasteiger partial charge in [0.1, 0.15) is 11.4 Å². The van der Waals surface area contributed by atoms with Crippen LogP contribution in [0.15, 0.2) is 34.2 Å². The van der Waals surface area contributed by atoms with Crippen molar-refractivity contribution in [3.05, 3.63) is 46.0 Å². The number of carbonyl (C=O) groups is 1. The molecule has 3 rings (SSSR count). The molecule has 1 amide bonds. The van der Waals surface area contributed by atoms with Gasteiger partial charge in [-0.1, -0.05) is 17.3 Å². The van der Waals surface area contributed by atoms with Crippen molar-refractivity contribution in [3.63, 3.8) is 0 Å². The lowest BCUT2D eigenvalue weighted by Crippen LogP contribution is -2.22. The second-order valence-electron chi connectivity index (χ2n) is 4.72. The van der Waals surface area contributed by atoms with Gasteiger partial charge in [0.2, 0.25) is 0 Å². The maximum absolute atomic E-state index is 12.1. The van der Waals surface area contributed by atoms with Crippen LogP contribution in [0.2, 0.25) is 0 Å². The Kier molecular flexibility index (Phi) is 4.33. The summed E-state index contributed by atoms with van der Waals surface area (Å²) in [6.45, 7) is 2.14. The van der Waals surface area contributed by atoms with E-state index in [2.05, 4.69) is 20.4 Å². The van der Waals surface area contributed by atoms with Crippen LogP contribution in [-0.4, -0.2) is 28.1 Å². The summed E-state index contributed by atoms with van der Waals surface area (Å²) in [7, 11) is 1.61. The highest BCUT2D eigenvalue weighted by molar-refractivity contribution is 7.12. The van der Waals surface area contributed by atoms with Crippen LogP contribution in [0.25, 0.3) is 11.6 Å². The SMILES string of the molecule is COc1ccc(CNC(=O)c2nc(-c3nc(C)no3)cs2)cc1. The number of amides is 1. The molecular weight excluding hydrogens is 316 g/mol. The molecule has 0 spiro atoms. The molecule has 8 heteroatoms. The van der Waals surface area contributed by atoms with Crippen molar-refractivity contribution in [1.29, 1.82) is 0 Å². The van der Waals surface area contributed by atoms with E-state index in [1.807, 2.05) is 24.3 Å². The van der Waals surface area contributed by atoms with E-state index in [1.54, 1.807) is 19.4 Å².